The zero-order valence-corrected chi connectivity index (χ0v) is 17.9. The van der Waals surface area contributed by atoms with Crippen LogP contribution in [-0.2, 0) is 9.59 Å². The van der Waals surface area contributed by atoms with E-state index >= 15 is 0 Å². The van der Waals surface area contributed by atoms with Gasteiger partial charge in [0.2, 0.25) is 11.8 Å². The van der Waals surface area contributed by atoms with Gasteiger partial charge in [0, 0.05) is 31.3 Å². The molecule has 0 unspecified atom stereocenters. The minimum absolute atomic E-state index is 0.0439. The van der Waals surface area contributed by atoms with Gasteiger partial charge in [0.05, 0.1) is 18.7 Å². The van der Waals surface area contributed by atoms with Gasteiger partial charge in [0.25, 0.3) is 0 Å². The molecule has 2 amide bonds. The third kappa shape index (κ3) is 4.25. The van der Waals surface area contributed by atoms with Gasteiger partial charge in [-0.2, -0.15) is 0 Å². The van der Waals surface area contributed by atoms with Gasteiger partial charge in [-0.15, -0.1) is 0 Å². The highest BCUT2D eigenvalue weighted by Gasteiger charge is 2.53. The van der Waals surface area contributed by atoms with Gasteiger partial charge in [-0.1, -0.05) is 49.8 Å². The zero-order valence-electron chi connectivity index (χ0n) is 17.9. The summed E-state index contributed by atoms with van der Waals surface area (Å²) >= 11 is 0. The first-order valence-electron chi connectivity index (χ1n) is 11.0. The average molecular weight is 399 g/mol. The maximum atomic E-state index is 13.1. The molecule has 3 rings (SSSR count). The summed E-state index contributed by atoms with van der Waals surface area (Å²) in [4.78, 5) is 29.2. The van der Waals surface area contributed by atoms with Gasteiger partial charge in [-0.3, -0.25) is 9.59 Å². The second-order valence-corrected chi connectivity index (χ2v) is 8.17. The summed E-state index contributed by atoms with van der Waals surface area (Å²) in [6.07, 6.45) is 7.50. The molecule has 5 nitrogen and oxygen atoms in total. The molecule has 2 aliphatic rings. The highest BCUT2D eigenvalue weighted by Crippen LogP contribution is 2.44. The van der Waals surface area contributed by atoms with E-state index in [1.807, 2.05) is 36.6 Å². The third-order valence-corrected chi connectivity index (χ3v) is 6.56. The lowest BCUT2D eigenvalue weighted by Crippen LogP contribution is -2.70. The number of hydrogen-bond donors (Lipinski definition) is 1. The molecule has 0 radical (unpaired) electrons. The summed E-state index contributed by atoms with van der Waals surface area (Å²) < 4.78 is 0. The number of hydrogen-bond acceptors (Lipinski definition) is 3. The van der Waals surface area contributed by atoms with Crippen molar-refractivity contribution in [2.75, 3.05) is 19.7 Å². The van der Waals surface area contributed by atoms with Crippen LogP contribution in [0, 0.1) is 5.92 Å². The Morgan fingerprint density at radius 2 is 1.86 bits per heavy atom. The van der Waals surface area contributed by atoms with Gasteiger partial charge in [-0.05, 0) is 37.8 Å². The Balaban J connectivity index is 1.88. The number of amides is 2. The summed E-state index contributed by atoms with van der Waals surface area (Å²) in [6, 6.07) is 8.05. The predicted octanol–water partition coefficient (Wildman–Crippen LogP) is 3.43. The molecule has 1 aliphatic carbocycles. The van der Waals surface area contributed by atoms with E-state index in [1.54, 1.807) is 0 Å². The number of carbonyl (C=O) groups excluding carboxylic acids is 2. The second kappa shape index (κ2) is 9.57. The minimum atomic E-state index is -0.212. The summed E-state index contributed by atoms with van der Waals surface area (Å²) in [5.41, 5.74) is 2.26. The third-order valence-electron chi connectivity index (χ3n) is 6.56. The molecule has 0 bridgehead atoms. The Morgan fingerprint density at radius 1 is 1.17 bits per heavy atom. The summed E-state index contributed by atoms with van der Waals surface area (Å²) in [5, 5.41) is 10.1. The lowest BCUT2D eigenvalue weighted by Gasteiger charge is -2.57. The van der Waals surface area contributed by atoms with Gasteiger partial charge in [-0.25, -0.2) is 0 Å². The van der Waals surface area contributed by atoms with Crippen molar-refractivity contribution in [2.24, 2.45) is 5.92 Å². The second-order valence-electron chi connectivity index (χ2n) is 8.17. The van der Waals surface area contributed by atoms with E-state index in [0.29, 0.717) is 19.5 Å². The van der Waals surface area contributed by atoms with Crippen molar-refractivity contribution < 1.29 is 14.7 Å². The van der Waals surface area contributed by atoms with Gasteiger partial charge in [0.1, 0.15) is 0 Å². The number of benzene rings is 1. The van der Waals surface area contributed by atoms with Crippen molar-refractivity contribution in [3.05, 3.63) is 41.5 Å². The molecule has 1 saturated carbocycles. The SMILES string of the molecule is CC=Cc1ccc([C@@H]2[C@@H](CN(CC)C(=O)CC)N(C(=O)C3CCC3)[C@H]2CO)cc1. The van der Waals surface area contributed by atoms with Crippen LogP contribution in [0.1, 0.15) is 63.5 Å². The highest BCUT2D eigenvalue weighted by atomic mass is 16.3. The standard InChI is InChI=1S/C24H34N2O3/c1-4-8-17-11-13-18(14-12-17)23-20(15-25(6-3)22(28)5-2)26(21(23)16-27)24(29)19-9-7-10-19/h4,8,11-14,19-21,23,27H,5-7,9-10,15-16H2,1-3H3/t20-,21+,23-/m1/s1. The Bertz CT molecular complexity index is 739. The maximum Gasteiger partial charge on any atom is 0.226 e. The smallest absolute Gasteiger partial charge is 0.226 e. The number of likely N-dealkylation sites (N-methyl/N-ethyl adjacent to an activating group) is 1. The first-order chi connectivity index (χ1) is 14.0. The Hall–Kier alpha value is -2.14. The number of carbonyl (C=O) groups is 2. The van der Waals surface area contributed by atoms with Crippen molar-refractivity contribution >= 4 is 17.9 Å². The fraction of sp³-hybridized carbons (Fsp3) is 0.583. The highest BCUT2D eigenvalue weighted by molar-refractivity contribution is 5.82. The van der Waals surface area contributed by atoms with Crippen LogP contribution < -0.4 is 0 Å². The number of likely N-dealkylation sites (tertiary alicyclic amines) is 1. The number of allylic oxidation sites excluding steroid dienone is 1. The molecule has 2 fully saturated rings. The largest absolute Gasteiger partial charge is 0.394 e. The van der Waals surface area contributed by atoms with E-state index in [4.69, 9.17) is 0 Å². The Kier molecular flexibility index (Phi) is 7.12. The summed E-state index contributed by atoms with van der Waals surface area (Å²) in [6.45, 7) is 6.95. The van der Waals surface area contributed by atoms with Crippen molar-refractivity contribution in [3.63, 3.8) is 0 Å². The Labute approximate surface area is 174 Å². The van der Waals surface area contributed by atoms with E-state index in [9.17, 15) is 14.7 Å². The number of rotatable bonds is 8. The molecule has 1 aliphatic heterocycles. The molecule has 1 saturated heterocycles. The minimum Gasteiger partial charge on any atom is -0.394 e. The monoisotopic (exact) mass is 398 g/mol. The molecule has 1 heterocycles. The van der Waals surface area contributed by atoms with Crippen molar-refractivity contribution in [1.82, 2.24) is 9.80 Å². The van der Waals surface area contributed by atoms with Crippen LogP contribution >= 0.6 is 0 Å². The van der Waals surface area contributed by atoms with Crippen LogP contribution in [0.4, 0.5) is 0 Å². The summed E-state index contributed by atoms with van der Waals surface area (Å²) in [5.74, 6) is 0.393. The summed E-state index contributed by atoms with van der Waals surface area (Å²) in [7, 11) is 0. The molecule has 1 N–H and O–H groups in total. The fourth-order valence-corrected chi connectivity index (χ4v) is 4.67. The van der Waals surface area contributed by atoms with Crippen LogP contribution in [0.3, 0.4) is 0 Å². The van der Waals surface area contributed by atoms with E-state index < -0.39 is 0 Å². The predicted molar refractivity (Wildman–Crippen MR) is 115 cm³/mol. The molecule has 1 aromatic rings. The molecule has 0 spiro atoms. The molecular weight excluding hydrogens is 364 g/mol. The van der Waals surface area contributed by atoms with Crippen molar-refractivity contribution in [1.29, 1.82) is 0 Å². The lowest BCUT2D eigenvalue weighted by molar-refractivity contribution is -0.161. The van der Waals surface area contributed by atoms with Crippen molar-refractivity contribution in [3.8, 4) is 0 Å². The molecular formula is C24H34N2O3. The first kappa shape index (κ1) is 21.6. The Morgan fingerprint density at radius 3 is 2.34 bits per heavy atom. The lowest BCUT2D eigenvalue weighted by atomic mass is 9.72. The quantitative estimate of drug-likeness (QED) is 0.730. The normalized spacial score (nSPS) is 24.3. The number of aliphatic hydroxyl groups is 1. The molecule has 3 atom stereocenters. The topological polar surface area (TPSA) is 60.9 Å². The zero-order chi connectivity index (χ0) is 21.0. The van der Waals surface area contributed by atoms with Crippen LogP contribution in [0.2, 0.25) is 0 Å². The fourth-order valence-electron chi connectivity index (χ4n) is 4.67. The van der Waals surface area contributed by atoms with Crippen molar-refractivity contribution in [2.45, 2.75) is 64.5 Å². The number of aliphatic hydroxyl groups excluding tert-OH is 1. The van der Waals surface area contributed by atoms with Gasteiger partial charge >= 0.3 is 0 Å². The van der Waals surface area contributed by atoms with Crippen LogP contribution in [0.15, 0.2) is 30.3 Å². The van der Waals surface area contributed by atoms with Gasteiger partial charge < -0.3 is 14.9 Å². The van der Waals surface area contributed by atoms with Crippen LogP contribution in [0.5, 0.6) is 0 Å². The molecule has 158 valence electrons. The molecule has 0 aromatic heterocycles. The maximum absolute atomic E-state index is 13.1. The molecule has 29 heavy (non-hydrogen) atoms. The van der Waals surface area contributed by atoms with E-state index in [1.165, 1.54) is 0 Å². The first-order valence-corrected chi connectivity index (χ1v) is 11.0. The van der Waals surface area contributed by atoms with E-state index in [0.717, 1.165) is 30.4 Å². The van der Waals surface area contributed by atoms with Gasteiger partial charge in [0.15, 0.2) is 0 Å². The molecule has 1 aromatic carbocycles. The molecule has 5 heteroatoms. The number of nitrogens with zero attached hydrogens (tertiary/aromatic N) is 2. The van der Waals surface area contributed by atoms with E-state index in [2.05, 4.69) is 30.3 Å². The van der Waals surface area contributed by atoms with E-state index in [-0.39, 0.29) is 42.3 Å². The average Bonchev–Trinajstić information content (AvgIpc) is 2.67. The van der Waals surface area contributed by atoms with Crippen LogP contribution in [0.25, 0.3) is 6.08 Å². The van der Waals surface area contributed by atoms with Crippen LogP contribution in [-0.4, -0.2) is 58.5 Å².